The average Bonchev–Trinajstić information content (AvgIpc) is 2.37. The Morgan fingerprint density at radius 3 is 2.05 bits per heavy atom. The molecule has 19 heavy (non-hydrogen) atoms. The number of hydrogen-bond donors (Lipinski definition) is 0. The molecule has 0 bridgehead atoms. The molecular weight excluding hydrogens is 260 g/mol. The maximum absolute atomic E-state index is 11.4. The summed E-state index contributed by atoms with van der Waals surface area (Å²) in [7, 11) is 0. The molecule has 4 heteroatoms. The van der Waals surface area contributed by atoms with Crippen LogP contribution in [0.2, 0.25) is 0 Å². The zero-order valence-corrected chi connectivity index (χ0v) is 13.8. The Hall–Kier alpha value is 0.0700. The van der Waals surface area contributed by atoms with Crippen molar-refractivity contribution < 1.29 is 12.6 Å². The zero-order valence-electron chi connectivity index (χ0n) is 13.0. The molecule has 0 heterocycles. The van der Waals surface area contributed by atoms with Gasteiger partial charge in [0.15, 0.2) is 0 Å². The lowest BCUT2D eigenvalue weighted by molar-refractivity contribution is 0.185. The molecule has 0 spiro atoms. The predicted octanol–water partition coefficient (Wildman–Crippen LogP) is 4.93. The van der Waals surface area contributed by atoms with E-state index in [1.807, 2.05) is 6.92 Å². The molecule has 0 radical (unpaired) electrons. The summed E-state index contributed by atoms with van der Waals surface area (Å²) in [6.07, 6.45) is 12.1. The van der Waals surface area contributed by atoms with Crippen molar-refractivity contribution in [3.8, 4) is 0 Å². The average molecular weight is 292 g/mol. The van der Waals surface area contributed by atoms with Gasteiger partial charge in [0.05, 0.1) is 12.7 Å². The predicted molar refractivity (Wildman–Crippen MR) is 82.2 cm³/mol. The number of unbranched alkanes of at least 4 members (excludes halogenated alkanes) is 7. The lowest BCUT2D eigenvalue weighted by Crippen LogP contribution is -2.12. The molecular formula is C15H32O3S. The van der Waals surface area contributed by atoms with E-state index in [0.29, 0.717) is 6.61 Å². The highest BCUT2D eigenvalue weighted by molar-refractivity contribution is 7.75. The molecule has 0 aromatic rings. The zero-order chi connectivity index (χ0) is 14.3. The van der Waals surface area contributed by atoms with Crippen molar-refractivity contribution in [1.82, 2.24) is 0 Å². The van der Waals surface area contributed by atoms with E-state index in [9.17, 15) is 4.21 Å². The summed E-state index contributed by atoms with van der Waals surface area (Å²) in [6.45, 7) is 6.80. The molecule has 0 N–H and O–H groups in total. The van der Waals surface area contributed by atoms with Crippen LogP contribution in [0.5, 0.6) is 0 Å². The standard InChI is InChI=1S/C15H32O3S/c1-4-6-7-8-9-10-11-12-14-17-19(16)18-15(3)13-5-2/h15H,4-14H2,1-3H3. The molecule has 0 saturated heterocycles. The highest BCUT2D eigenvalue weighted by Gasteiger charge is 2.07. The first kappa shape index (κ1) is 19.1. The summed E-state index contributed by atoms with van der Waals surface area (Å²) in [5, 5.41) is 0. The Labute approximate surface area is 122 Å². The molecule has 0 aliphatic carbocycles. The summed E-state index contributed by atoms with van der Waals surface area (Å²) in [5.74, 6) is 0. The third kappa shape index (κ3) is 14.3. The molecule has 0 aliphatic heterocycles. The van der Waals surface area contributed by atoms with Gasteiger partial charge in [-0.1, -0.05) is 65.2 Å². The second-order valence-corrected chi connectivity index (χ2v) is 6.03. The first-order chi connectivity index (χ1) is 9.20. The Kier molecular flexibility index (Phi) is 14.5. The van der Waals surface area contributed by atoms with Crippen molar-refractivity contribution in [2.24, 2.45) is 0 Å². The van der Waals surface area contributed by atoms with Crippen molar-refractivity contribution >= 4 is 11.4 Å². The van der Waals surface area contributed by atoms with Gasteiger partial charge in [0.1, 0.15) is 0 Å². The van der Waals surface area contributed by atoms with Crippen LogP contribution in [0.25, 0.3) is 0 Å². The molecule has 0 saturated carbocycles. The van der Waals surface area contributed by atoms with Crippen LogP contribution in [0, 0.1) is 0 Å². The van der Waals surface area contributed by atoms with Crippen LogP contribution in [-0.2, 0) is 19.7 Å². The van der Waals surface area contributed by atoms with Crippen LogP contribution in [0.4, 0.5) is 0 Å². The lowest BCUT2D eigenvalue weighted by atomic mass is 10.1. The van der Waals surface area contributed by atoms with Crippen LogP contribution in [0.15, 0.2) is 0 Å². The molecule has 0 aromatic heterocycles. The van der Waals surface area contributed by atoms with Gasteiger partial charge in [0, 0.05) is 0 Å². The Morgan fingerprint density at radius 1 is 0.895 bits per heavy atom. The monoisotopic (exact) mass is 292 g/mol. The molecule has 0 amide bonds. The molecule has 116 valence electrons. The Bertz CT molecular complexity index is 210. The maximum Gasteiger partial charge on any atom is 0.304 e. The van der Waals surface area contributed by atoms with E-state index in [1.165, 1.54) is 38.5 Å². The fourth-order valence-corrected chi connectivity index (χ4v) is 2.65. The van der Waals surface area contributed by atoms with E-state index in [0.717, 1.165) is 25.7 Å². The summed E-state index contributed by atoms with van der Waals surface area (Å²) in [6, 6.07) is 0. The molecule has 3 nitrogen and oxygen atoms in total. The van der Waals surface area contributed by atoms with Gasteiger partial charge in [-0.05, 0) is 19.8 Å². The minimum Gasteiger partial charge on any atom is -0.268 e. The van der Waals surface area contributed by atoms with Crippen LogP contribution in [0.1, 0.15) is 85.0 Å². The minimum atomic E-state index is -1.56. The lowest BCUT2D eigenvalue weighted by Gasteiger charge is -2.10. The van der Waals surface area contributed by atoms with Crippen LogP contribution in [-0.4, -0.2) is 16.9 Å². The largest absolute Gasteiger partial charge is 0.304 e. The number of rotatable bonds is 14. The van der Waals surface area contributed by atoms with Gasteiger partial charge in [0.2, 0.25) is 0 Å². The maximum atomic E-state index is 11.4. The van der Waals surface area contributed by atoms with Gasteiger partial charge >= 0.3 is 11.4 Å². The SMILES string of the molecule is CCCCCCCCCCOS(=O)OC(C)CCC. The first-order valence-corrected chi connectivity index (χ1v) is 8.92. The van der Waals surface area contributed by atoms with Gasteiger partial charge in [-0.15, -0.1) is 0 Å². The highest BCUT2D eigenvalue weighted by atomic mass is 32.2. The molecule has 2 atom stereocenters. The van der Waals surface area contributed by atoms with Crippen molar-refractivity contribution in [2.45, 2.75) is 91.1 Å². The van der Waals surface area contributed by atoms with Gasteiger partial charge < -0.3 is 0 Å². The number of hydrogen-bond acceptors (Lipinski definition) is 3. The molecule has 2 unspecified atom stereocenters. The van der Waals surface area contributed by atoms with E-state index in [-0.39, 0.29) is 6.10 Å². The summed E-state index contributed by atoms with van der Waals surface area (Å²) in [5.41, 5.74) is 0. The van der Waals surface area contributed by atoms with Crippen LogP contribution < -0.4 is 0 Å². The topological polar surface area (TPSA) is 35.5 Å². The highest BCUT2D eigenvalue weighted by Crippen LogP contribution is 2.09. The van der Waals surface area contributed by atoms with Crippen molar-refractivity contribution in [3.05, 3.63) is 0 Å². The van der Waals surface area contributed by atoms with E-state index in [1.54, 1.807) is 0 Å². The molecule has 0 aromatic carbocycles. The normalized spacial score (nSPS) is 14.5. The van der Waals surface area contributed by atoms with E-state index < -0.39 is 11.4 Å². The van der Waals surface area contributed by atoms with Crippen LogP contribution >= 0.6 is 0 Å². The van der Waals surface area contributed by atoms with Gasteiger partial charge in [-0.2, -0.15) is 4.21 Å². The quantitative estimate of drug-likeness (QED) is 0.426. The Morgan fingerprint density at radius 2 is 1.47 bits per heavy atom. The smallest absolute Gasteiger partial charge is 0.268 e. The summed E-state index contributed by atoms with van der Waals surface area (Å²) in [4.78, 5) is 0. The van der Waals surface area contributed by atoms with E-state index >= 15 is 0 Å². The van der Waals surface area contributed by atoms with Crippen molar-refractivity contribution in [3.63, 3.8) is 0 Å². The van der Waals surface area contributed by atoms with E-state index in [4.69, 9.17) is 8.37 Å². The third-order valence-corrected chi connectivity index (χ3v) is 3.96. The van der Waals surface area contributed by atoms with Crippen LogP contribution in [0.3, 0.4) is 0 Å². The van der Waals surface area contributed by atoms with Gasteiger partial charge in [-0.25, -0.2) is 0 Å². The molecule has 0 fully saturated rings. The summed E-state index contributed by atoms with van der Waals surface area (Å²) < 4.78 is 21.8. The second kappa shape index (κ2) is 14.5. The fourth-order valence-electron chi connectivity index (χ4n) is 1.98. The Balaban J connectivity index is 3.23. The van der Waals surface area contributed by atoms with Gasteiger partial charge in [0.25, 0.3) is 0 Å². The molecule has 0 rings (SSSR count). The van der Waals surface area contributed by atoms with E-state index in [2.05, 4.69) is 13.8 Å². The summed E-state index contributed by atoms with van der Waals surface area (Å²) >= 11 is -1.56. The second-order valence-electron chi connectivity index (χ2n) is 5.20. The minimum absolute atomic E-state index is 0.0180. The van der Waals surface area contributed by atoms with Crippen molar-refractivity contribution in [1.29, 1.82) is 0 Å². The van der Waals surface area contributed by atoms with Gasteiger partial charge in [-0.3, -0.25) is 8.37 Å². The molecule has 0 aliphatic rings. The van der Waals surface area contributed by atoms with Crippen molar-refractivity contribution in [2.75, 3.05) is 6.61 Å². The fraction of sp³-hybridized carbons (Fsp3) is 1.00. The third-order valence-electron chi connectivity index (χ3n) is 3.12. The first-order valence-electron chi connectivity index (χ1n) is 7.92.